The minimum Gasteiger partial charge on any atom is -0.311 e. The van der Waals surface area contributed by atoms with E-state index in [1.807, 2.05) is 6.92 Å². The van der Waals surface area contributed by atoms with Crippen molar-refractivity contribution < 1.29 is 4.79 Å². The number of amides is 1. The van der Waals surface area contributed by atoms with Gasteiger partial charge in [0, 0.05) is 12.6 Å². The molecule has 1 N–H and O–H groups in total. The normalized spacial score (nSPS) is 9.69. The molecule has 0 fully saturated rings. The number of carbonyl (C=O) groups excluding carboxylic acids is 1. The summed E-state index contributed by atoms with van der Waals surface area (Å²) in [6.45, 7) is 1.94. The summed E-state index contributed by atoms with van der Waals surface area (Å²) >= 11 is 5.53. The van der Waals surface area contributed by atoms with Crippen LogP contribution in [0.2, 0.25) is 5.28 Å². The highest BCUT2D eigenvalue weighted by Gasteiger charge is 2.01. The highest BCUT2D eigenvalue weighted by Crippen LogP contribution is 2.06. The first kappa shape index (κ1) is 9.92. The molecular formula is C8H10ClN3O. The van der Waals surface area contributed by atoms with Gasteiger partial charge in [-0.3, -0.25) is 4.79 Å². The predicted molar refractivity (Wildman–Crippen MR) is 50.6 cm³/mol. The summed E-state index contributed by atoms with van der Waals surface area (Å²) < 4.78 is 0. The fraction of sp³-hybridized carbons (Fsp3) is 0.375. The molecule has 0 aliphatic carbocycles. The quantitative estimate of drug-likeness (QED) is 0.757. The average molecular weight is 200 g/mol. The monoisotopic (exact) mass is 199 g/mol. The summed E-state index contributed by atoms with van der Waals surface area (Å²) in [6, 6.07) is 1.60. The van der Waals surface area contributed by atoms with Crippen molar-refractivity contribution in [2.24, 2.45) is 0 Å². The van der Waals surface area contributed by atoms with Gasteiger partial charge in [0.15, 0.2) is 0 Å². The molecule has 0 atom stereocenters. The first-order valence-corrected chi connectivity index (χ1v) is 4.38. The van der Waals surface area contributed by atoms with Crippen molar-refractivity contribution in [2.75, 3.05) is 5.32 Å². The van der Waals surface area contributed by atoms with E-state index in [9.17, 15) is 4.79 Å². The Hall–Kier alpha value is -1.16. The highest BCUT2D eigenvalue weighted by molar-refractivity contribution is 6.28. The zero-order chi connectivity index (χ0) is 9.68. The molecule has 70 valence electrons. The molecule has 0 bridgehead atoms. The molecular weight excluding hydrogens is 190 g/mol. The van der Waals surface area contributed by atoms with E-state index in [0.29, 0.717) is 12.2 Å². The SMILES string of the molecule is CCCC(=O)Nc1ccnc(Cl)n1. The second kappa shape index (κ2) is 4.77. The highest BCUT2D eigenvalue weighted by atomic mass is 35.5. The summed E-state index contributed by atoms with van der Waals surface area (Å²) in [4.78, 5) is 18.6. The molecule has 4 nitrogen and oxygen atoms in total. The third kappa shape index (κ3) is 3.38. The first-order chi connectivity index (χ1) is 6.22. The molecule has 0 aliphatic heterocycles. The van der Waals surface area contributed by atoms with Gasteiger partial charge < -0.3 is 5.32 Å². The van der Waals surface area contributed by atoms with Gasteiger partial charge in [-0.2, -0.15) is 0 Å². The lowest BCUT2D eigenvalue weighted by atomic mass is 10.3. The number of carbonyl (C=O) groups is 1. The Morgan fingerprint density at radius 2 is 2.46 bits per heavy atom. The number of anilines is 1. The van der Waals surface area contributed by atoms with E-state index in [-0.39, 0.29) is 11.2 Å². The van der Waals surface area contributed by atoms with Crippen molar-refractivity contribution >= 4 is 23.3 Å². The van der Waals surface area contributed by atoms with Gasteiger partial charge in [0.25, 0.3) is 0 Å². The Labute approximate surface area is 81.3 Å². The maximum absolute atomic E-state index is 11.1. The van der Waals surface area contributed by atoms with E-state index < -0.39 is 0 Å². The Morgan fingerprint density at radius 1 is 1.69 bits per heavy atom. The van der Waals surface area contributed by atoms with Crippen LogP contribution in [0.15, 0.2) is 12.3 Å². The molecule has 0 aliphatic rings. The van der Waals surface area contributed by atoms with Gasteiger partial charge in [-0.1, -0.05) is 6.92 Å². The van der Waals surface area contributed by atoms with E-state index >= 15 is 0 Å². The number of aromatic nitrogens is 2. The average Bonchev–Trinajstić information content (AvgIpc) is 2.04. The van der Waals surface area contributed by atoms with E-state index in [0.717, 1.165) is 6.42 Å². The van der Waals surface area contributed by atoms with Crippen LogP contribution in [-0.2, 0) is 4.79 Å². The molecule has 1 aromatic rings. The maximum atomic E-state index is 11.1. The van der Waals surface area contributed by atoms with E-state index in [4.69, 9.17) is 11.6 Å². The summed E-state index contributed by atoms with van der Waals surface area (Å²) in [6.07, 6.45) is 2.79. The van der Waals surface area contributed by atoms with E-state index in [2.05, 4.69) is 15.3 Å². The topological polar surface area (TPSA) is 54.9 Å². The zero-order valence-electron chi connectivity index (χ0n) is 7.25. The maximum Gasteiger partial charge on any atom is 0.225 e. The van der Waals surface area contributed by atoms with Crippen LogP contribution in [0.3, 0.4) is 0 Å². The lowest BCUT2D eigenvalue weighted by Crippen LogP contribution is -2.11. The van der Waals surface area contributed by atoms with Crippen LogP contribution in [0.1, 0.15) is 19.8 Å². The van der Waals surface area contributed by atoms with Gasteiger partial charge in [0.05, 0.1) is 0 Å². The molecule has 1 rings (SSSR count). The largest absolute Gasteiger partial charge is 0.311 e. The van der Waals surface area contributed by atoms with Gasteiger partial charge in [-0.15, -0.1) is 0 Å². The van der Waals surface area contributed by atoms with Gasteiger partial charge in [-0.05, 0) is 24.1 Å². The number of nitrogens with zero attached hydrogens (tertiary/aromatic N) is 2. The van der Waals surface area contributed by atoms with Crippen molar-refractivity contribution in [3.05, 3.63) is 17.5 Å². The van der Waals surface area contributed by atoms with Crippen LogP contribution in [0.25, 0.3) is 0 Å². The Bertz CT molecular complexity index is 303. The van der Waals surface area contributed by atoms with Crippen molar-refractivity contribution in [1.29, 1.82) is 0 Å². The van der Waals surface area contributed by atoms with Gasteiger partial charge in [0.1, 0.15) is 5.82 Å². The van der Waals surface area contributed by atoms with Crippen molar-refractivity contribution in [3.63, 3.8) is 0 Å². The Kier molecular flexibility index (Phi) is 3.64. The zero-order valence-corrected chi connectivity index (χ0v) is 8.01. The fourth-order valence-corrected chi connectivity index (χ4v) is 0.984. The molecule has 0 saturated carbocycles. The fourth-order valence-electron chi connectivity index (χ4n) is 0.837. The standard InChI is InChI=1S/C8H10ClN3O/c1-2-3-7(13)11-6-4-5-10-8(9)12-6/h4-5H,2-3H2,1H3,(H,10,11,12,13). The number of nitrogens with one attached hydrogen (secondary N) is 1. The summed E-state index contributed by atoms with van der Waals surface area (Å²) in [5, 5.41) is 2.74. The molecule has 0 aromatic carbocycles. The van der Waals surface area contributed by atoms with Crippen LogP contribution >= 0.6 is 11.6 Å². The molecule has 0 saturated heterocycles. The number of halogens is 1. The van der Waals surface area contributed by atoms with Crippen molar-refractivity contribution in [3.8, 4) is 0 Å². The van der Waals surface area contributed by atoms with Gasteiger partial charge in [-0.25, -0.2) is 9.97 Å². The summed E-state index contributed by atoms with van der Waals surface area (Å²) in [7, 11) is 0. The minimum atomic E-state index is -0.0581. The van der Waals surface area contributed by atoms with E-state index in [1.165, 1.54) is 6.20 Å². The van der Waals surface area contributed by atoms with E-state index in [1.54, 1.807) is 6.07 Å². The number of hydrogen-bond acceptors (Lipinski definition) is 3. The molecule has 5 heteroatoms. The molecule has 0 spiro atoms. The minimum absolute atomic E-state index is 0.0581. The molecule has 1 amide bonds. The molecule has 1 aromatic heterocycles. The van der Waals surface area contributed by atoms with Crippen LogP contribution in [-0.4, -0.2) is 15.9 Å². The second-order valence-corrected chi connectivity index (χ2v) is 2.85. The second-order valence-electron chi connectivity index (χ2n) is 2.51. The molecule has 0 unspecified atom stereocenters. The molecule has 13 heavy (non-hydrogen) atoms. The number of rotatable bonds is 3. The Morgan fingerprint density at radius 3 is 3.08 bits per heavy atom. The van der Waals surface area contributed by atoms with Gasteiger partial charge >= 0.3 is 0 Å². The van der Waals surface area contributed by atoms with Gasteiger partial charge in [0.2, 0.25) is 11.2 Å². The predicted octanol–water partition coefficient (Wildman–Crippen LogP) is 1.87. The number of hydrogen-bond donors (Lipinski definition) is 1. The van der Waals surface area contributed by atoms with Crippen LogP contribution < -0.4 is 5.32 Å². The summed E-state index contributed by atoms with van der Waals surface area (Å²) in [5.74, 6) is 0.385. The van der Waals surface area contributed by atoms with Crippen LogP contribution in [0.5, 0.6) is 0 Å². The molecule has 0 radical (unpaired) electrons. The third-order valence-electron chi connectivity index (χ3n) is 1.37. The van der Waals surface area contributed by atoms with Crippen LogP contribution in [0.4, 0.5) is 5.82 Å². The lowest BCUT2D eigenvalue weighted by Gasteiger charge is -2.01. The van der Waals surface area contributed by atoms with Crippen molar-refractivity contribution in [1.82, 2.24) is 9.97 Å². The lowest BCUT2D eigenvalue weighted by molar-refractivity contribution is -0.116. The molecule has 1 heterocycles. The van der Waals surface area contributed by atoms with Crippen LogP contribution in [0, 0.1) is 0 Å². The Balaban J connectivity index is 2.58. The third-order valence-corrected chi connectivity index (χ3v) is 1.55. The summed E-state index contributed by atoms with van der Waals surface area (Å²) in [5.41, 5.74) is 0. The van der Waals surface area contributed by atoms with Crippen molar-refractivity contribution in [2.45, 2.75) is 19.8 Å². The smallest absolute Gasteiger partial charge is 0.225 e. The first-order valence-electron chi connectivity index (χ1n) is 4.00.